The second kappa shape index (κ2) is 7.44. The number of rotatable bonds is 3. The molecule has 2 fully saturated rings. The minimum absolute atomic E-state index is 0.0161. The van der Waals surface area contributed by atoms with Gasteiger partial charge in [0.2, 0.25) is 0 Å². The van der Waals surface area contributed by atoms with E-state index in [2.05, 4.69) is 22.9 Å². The van der Waals surface area contributed by atoms with Gasteiger partial charge in [0, 0.05) is 36.9 Å². The maximum atomic E-state index is 12.4. The van der Waals surface area contributed by atoms with Crippen molar-refractivity contribution in [1.29, 1.82) is 0 Å². The molecule has 0 saturated carbocycles. The number of morpholine rings is 1. The van der Waals surface area contributed by atoms with Crippen molar-refractivity contribution in [3.8, 4) is 0 Å². The van der Waals surface area contributed by atoms with Gasteiger partial charge in [-0.05, 0) is 36.8 Å². The SMILES string of the molecule is Cc1ccc(N2C[C@@]3(COCCN(Cc4ccncc4)C3)OCC2=O)s1. The van der Waals surface area contributed by atoms with Crippen molar-refractivity contribution in [2.24, 2.45) is 0 Å². The van der Waals surface area contributed by atoms with Crippen LogP contribution in [-0.4, -0.2) is 60.8 Å². The zero-order valence-electron chi connectivity index (χ0n) is 14.9. The Morgan fingerprint density at radius 1 is 1.23 bits per heavy atom. The molecule has 4 rings (SSSR count). The molecule has 0 radical (unpaired) electrons. The van der Waals surface area contributed by atoms with Crippen molar-refractivity contribution in [3.05, 3.63) is 47.1 Å². The maximum Gasteiger partial charge on any atom is 0.253 e. The van der Waals surface area contributed by atoms with E-state index in [1.807, 2.05) is 35.5 Å². The van der Waals surface area contributed by atoms with Gasteiger partial charge >= 0.3 is 0 Å². The van der Waals surface area contributed by atoms with E-state index >= 15 is 0 Å². The lowest BCUT2D eigenvalue weighted by Gasteiger charge is -2.42. The molecule has 1 amide bonds. The van der Waals surface area contributed by atoms with Gasteiger partial charge in [0.25, 0.3) is 5.91 Å². The summed E-state index contributed by atoms with van der Waals surface area (Å²) in [5.74, 6) is 0.0161. The summed E-state index contributed by atoms with van der Waals surface area (Å²) in [5.41, 5.74) is 0.727. The summed E-state index contributed by atoms with van der Waals surface area (Å²) >= 11 is 1.64. The Labute approximate surface area is 157 Å². The van der Waals surface area contributed by atoms with E-state index in [0.29, 0.717) is 19.8 Å². The van der Waals surface area contributed by atoms with Crippen molar-refractivity contribution in [1.82, 2.24) is 9.88 Å². The second-order valence-corrected chi connectivity index (χ2v) is 8.22. The Balaban J connectivity index is 1.52. The van der Waals surface area contributed by atoms with Crippen LogP contribution in [0.2, 0.25) is 0 Å². The monoisotopic (exact) mass is 373 g/mol. The Bertz CT molecular complexity index is 766. The van der Waals surface area contributed by atoms with E-state index in [0.717, 1.165) is 24.6 Å². The average Bonchev–Trinajstić information content (AvgIpc) is 2.98. The Morgan fingerprint density at radius 3 is 2.85 bits per heavy atom. The molecule has 0 aromatic carbocycles. The van der Waals surface area contributed by atoms with Gasteiger partial charge in [-0.15, -0.1) is 11.3 Å². The molecule has 2 saturated heterocycles. The smallest absolute Gasteiger partial charge is 0.253 e. The third kappa shape index (κ3) is 3.81. The van der Waals surface area contributed by atoms with Crippen LogP contribution in [0.1, 0.15) is 10.4 Å². The molecule has 0 aliphatic carbocycles. The number of pyridine rings is 1. The fraction of sp³-hybridized carbons (Fsp3) is 0.474. The van der Waals surface area contributed by atoms with Crippen molar-refractivity contribution >= 4 is 22.2 Å². The van der Waals surface area contributed by atoms with E-state index in [9.17, 15) is 4.79 Å². The second-order valence-electron chi connectivity index (χ2n) is 6.95. The number of aromatic nitrogens is 1. The molecule has 0 N–H and O–H groups in total. The molecule has 7 heteroatoms. The van der Waals surface area contributed by atoms with Crippen LogP contribution in [0, 0.1) is 6.92 Å². The fourth-order valence-corrected chi connectivity index (χ4v) is 4.41. The van der Waals surface area contributed by atoms with Crippen molar-refractivity contribution in [2.75, 3.05) is 44.4 Å². The van der Waals surface area contributed by atoms with Crippen molar-refractivity contribution in [2.45, 2.75) is 19.1 Å². The molecule has 1 spiro atoms. The van der Waals surface area contributed by atoms with Gasteiger partial charge < -0.3 is 9.47 Å². The van der Waals surface area contributed by atoms with Gasteiger partial charge in [0.15, 0.2) is 0 Å². The van der Waals surface area contributed by atoms with Gasteiger partial charge in [-0.3, -0.25) is 19.6 Å². The van der Waals surface area contributed by atoms with E-state index in [4.69, 9.17) is 9.47 Å². The molecule has 6 nitrogen and oxygen atoms in total. The Kier molecular flexibility index (Phi) is 5.04. The molecule has 138 valence electrons. The topological polar surface area (TPSA) is 54.9 Å². The third-order valence-electron chi connectivity index (χ3n) is 4.83. The molecule has 2 aromatic heterocycles. The number of nitrogens with zero attached hydrogens (tertiary/aromatic N) is 3. The molecule has 26 heavy (non-hydrogen) atoms. The standard InChI is InChI=1S/C19H23N3O3S/c1-15-2-3-18(26-15)22-13-19(25-11-17(22)23)12-21(8-9-24-14-19)10-16-4-6-20-7-5-16/h2-7H,8-14H2,1H3/t19-/m0/s1. The predicted octanol–water partition coefficient (Wildman–Crippen LogP) is 2.09. The van der Waals surface area contributed by atoms with Crippen LogP contribution in [0.4, 0.5) is 5.00 Å². The van der Waals surface area contributed by atoms with Crippen molar-refractivity contribution in [3.63, 3.8) is 0 Å². The highest BCUT2D eigenvalue weighted by Crippen LogP contribution is 2.31. The summed E-state index contributed by atoms with van der Waals surface area (Å²) in [6, 6.07) is 8.13. The zero-order valence-corrected chi connectivity index (χ0v) is 15.7. The Morgan fingerprint density at radius 2 is 2.08 bits per heavy atom. The first-order valence-electron chi connectivity index (χ1n) is 8.83. The number of hydrogen-bond acceptors (Lipinski definition) is 6. The van der Waals surface area contributed by atoms with Crippen LogP contribution in [0.5, 0.6) is 0 Å². The summed E-state index contributed by atoms with van der Waals surface area (Å²) in [4.78, 5) is 21.9. The summed E-state index contributed by atoms with van der Waals surface area (Å²) in [6.07, 6.45) is 3.63. The van der Waals surface area contributed by atoms with Crippen LogP contribution in [-0.2, 0) is 20.8 Å². The highest BCUT2D eigenvalue weighted by atomic mass is 32.1. The molecular weight excluding hydrogens is 350 g/mol. The minimum atomic E-state index is -0.491. The van der Waals surface area contributed by atoms with Crippen LogP contribution in [0.15, 0.2) is 36.7 Å². The van der Waals surface area contributed by atoms with Gasteiger partial charge in [-0.2, -0.15) is 0 Å². The van der Waals surface area contributed by atoms with Crippen LogP contribution >= 0.6 is 11.3 Å². The van der Waals surface area contributed by atoms with Gasteiger partial charge in [-0.25, -0.2) is 0 Å². The quantitative estimate of drug-likeness (QED) is 0.825. The van der Waals surface area contributed by atoms with E-state index < -0.39 is 5.60 Å². The van der Waals surface area contributed by atoms with Crippen LogP contribution in [0.3, 0.4) is 0 Å². The summed E-state index contributed by atoms with van der Waals surface area (Å²) in [6.45, 7) is 6.27. The average molecular weight is 373 g/mol. The third-order valence-corrected chi connectivity index (χ3v) is 5.85. The molecule has 1 atom stereocenters. The van der Waals surface area contributed by atoms with Gasteiger partial charge in [-0.1, -0.05) is 0 Å². The zero-order chi connectivity index (χ0) is 18.0. The van der Waals surface area contributed by atoms with Crippen LogP contribution in [0.25, 0.3) is 0 Å². The molecule has 4 heterocycles. The number of ether oxygens (including phenoxy) is 2. The van der Waals surface area contributed by atoms with E-state index in [1.54, 1.807) is 11.3 Å². The molecule has 0 unspecified atom stereocenters. The van der Waals surface area contributed by atoms with Crippen LogP contribution < -0.4 is 4.90 Å². The molecule has 0 bridgehead atoms. The Hall–Kier alpha value is -1.80. The number of carbonyl (C=O) groups excluding carboxylic acids is 1. The van der Waals surface area contributed by atoms with Gasteiger partial charge in [0.05, 0.1) is 24.8 Å². The number of amides is 1. The van der Waals surface area contributed by atoms with E-state index in [1.165, 1.54) is 10.4 Å². The molecule has 2 aliphatic heterocycles. The lowest BCUT2D eigenvalue weighted by atomic mass is 10.0. The fourth-order valence-electron chi connectivity index (χ4n) is 3.53. The summed E-state index contributed by atoms with van der Waals surface area (Å²) < 4.78 is 11.9. The maximum absolute atomic E-state index is 12.4. The lowest BCUT2D eigenvalue weighted by Crippen LogP contribution is -2.60. The summed E-state index contributed by atoms with van der Waals surface area (Å²) in [5, 5.41) is 0.986. The normalized spacial score (nSPS) is 24.8. The molecule has 2 aliphatic rings. The van der Waals surface area contributed by atoms with Crippen molar-refractivity contribution < 1.29 is 14.3 Å². The lowest BCUT2D eigenvalue weighted by molar-refractivity contribution is -0.146. The first-order valence-corrected chi connectivity index (χ1v) is 9.65. The number of thiophene rings is 1. The minimum Gasteiger partial charge on any atom is -0.377 e. The first-order chi connectivity index (χ1) is 12.6. The predicted molar refractivity (Wildman–Crippen MR) is 100 cm³/mol. The van der Waals surface area contributed by atoms with E-state index in [-0.39, 0.29) is 12.5 Å². The molecule has 2 aromatic rings. The number of carbonyl (C=O) groups is 1. The number of aryl methyl sites for hydroxylation is 1. The largest absolute Gasteiger partial charge is 0.377 e. The number of anilines is 1. The summed E-state index contributed by atoms with van der Waals surface area (Å²) in [7, 11) is 0. The number of hydrogen-bond donors (Lipinski definition) is 0. The first kappa shape index (κ1) is 17.6. The highest BCUT2D eigenvalue weighted by molar-refractivity contribution is 7.16. The van der Waals surface area contributed by atoms with Gasteiger partial charge in [0.1, 0.15) is 12.2 Å². The highest BCUT2D eigenvalue weighted by Gasteiger charge is 2.43. The molecular formula is C19H23N3O3S.